The summed E-state index contributed by atoms with van der Waals surface area (Å²) in [6.45, 7) is 2.23. The summed E-state index contributed by atoms with van der Waals surface area (Å²) >= 11 is 1.55. The average molecular weight is 329 g/mol. The molecule has 0 aromatic carbocycles. The lowest BCUT2D eigenvalue weighted by atomic mass is 10.0. The molecular weight excluding hydrogens is 308 g/mol. The molecule has 0 aliphatic carbocycles. The number of pyridine rings is 1. The number of thioether (sulfide) groups is 1. The molecule has 1 saturated heterocycles. The number of halogens is 1. The van der Waals surface area contributed by atoms with Crippen molar-refractivity contribution in [3.63, 3.8) is 0 Å². The van der Waals surface area contributed by atoms with Crippen molar-refractivity contribution in [1.29, 1.82) is 0 Å². The summed E-state index contributed by atoms with van der Waals surface area (Å²) in [6.07, 6.45) is 3.25. The van der Waals surface area contributed by atoms with E-state index < -0.39 is 6.23 Å². The van der Waals surface area contributed by atoms with Gasteiger partial charge in [0, 0.05) is 24.8 Å². The minimum absolute atomic E-state index is 0. The van der Waals surface area contributed by atoms with Gasteiger partial charge in [-0.25, -0.2) is 9.98 Å². The number of rotatable bonds is 1. The van der Waals surface area contributed by atoms with Crippen molar-refractivity contribution in [2.45, 2.75) is 30.1 Å². The maximum absolute atomic E-state index is 10.1. The Labute approximate surface area is 135 Å². The number of hydrogen-bond donors (Lipinski definition) is 1. The summed E-state index contributed by atoms with van der Waals surface area (Å²) in [5, 5.41) is 11.9. The minimum atomic E-state index is -0.788. The van der Waals surface area contributed by atoms with E-state index in [1.54, 1.807) is 18.0 Å². The molecule has 1 atom stereocenters. The number of aliphatic imine (C=N–C) groups is 1. The molecule has 5 nitrogen and oxygen atoms in total. The number of aliphatic hydroxyl groups is 1. The Hall–Kier alpha value is -0.820. The van der Waals surface area contributed by atoms with E-state index in [1.807, 2.05) is 12.1 Å². The lowest BCUT2D eigenvalue weighted by molar-refractivity contribution is 0.173. The summed E-state index contributed by atoms with van der Waals surface area (Å²) in [5.74, 6) is 0. The maximum atomic E-state index is 10.1. The first-order chi connectivity index (χ1) is 9.65. The zero-order valence-corrected chi connectivity index (χ0v) is 13.9. The topological polar surface area (TPSA) is 52.0 Å². The molecule has 0 saturated carbocycles. The van der Waals surface area contributed by atoms with Crippen LogP contribution in [0.15, 0.2) is 28.3 Å². The second kappa shape index (κ2) is 6.96. The van der Waals surface area contributed by atoms with E-state index in [-0.39, 0.29) is 12.4 Å². The van der Waals surface area contributed by atoms with Crippen LogP contribution in [-0.4, -0.2) is 58.3 Å². The Morgan fingerprint density at radius 2 is 2.10 bits per heavy atom. The van der Waals surface area contributed by atoms with Crippen LogP contribution in [-0.2, 0) is 0 Å². The highest BCUT2D eigenvalue weighted by Gasteiger charge is 2.28. The van der Waals surface area contributed by atoms with Crippen LogP contribution < -0.4 is 0 Å². The fourth-order valence-corrected chi connectivity index (χ4v) is 3.70. The van der Waals surface area contributed by atoms with E-state index in [0.29, 0.717) is 6.04 Å². The third-order valence-electron chi connectivity index (χ3n) is 4.04. The van der Waals surface area contributed by atoms with E-state index in [2.05, 4.69) is 33.9 Å². The second-order valence-electron chi connectivity index (χ2n) is 5.43. The highest BCUT2D eigenvalue weighted by molar-refractivity contribution is 8.13. The van der Waals surface area contributed by atoms with E-state index in [4.69, 9.17) is 0 Å². The number of likely N-dealkylation sites (tertiary alicyclic amines) is 1. The number of amidine groups is 1. The molecule has 1 N–H and O–H groups in total. The summed E-state index contributed by atoms with van der Waals surface area (Å²) in [7, 11) is 4.23. The Balaban J connectivity index is 0.00000161. The van der Waals surface area contributed by atoms with Gasteiger partial charge < -0.3 is 14.9 Å². The zero-order valence-electron chi connectivity index (χ0n) is 12.3. The highest BCUT2D eigenvalue weighted by Crippen LogP contribution is 2.34. The molecule has 0 amide bonds. The predicted octanol–water partition coefficient (Wildman–Crippen LogP) is 1.98. The molecule has 1 fully saturated rings. The average Bonchev–Trinajstić information content (AvgIpc) is 2.47. The van der Waals surface area contributed by atoms with E-state index in [0.717, 1.165) is 41.7 Å². The number of aliphatic hydroxyl groups excluding tert-OH is 1. The van der Waals surface area contributed by atoms with Gasteiger partial charge in [0.25, 0.3) is 0 Å². The Morgan fingerprint density at radius 1 is 1.38 bits per heavy atom. The predicted molar refractivity (Wildman–Crippen MR) is 88.0 cm³/mol. The summed E-state index contributed by atoms with van der Waals surface area (Å²) in [4.78, 5) is 13.3. The monoisotopic (exact) mass is 328 g/mol. The van der Waals surface area contributed by atoms with Crippen molar-refractivity contribution in [3.8, 4) is 0 Å². The van der Waals surface area contributed by atoms with Gasteiger partial charge in [0.2, 0.25) is 0 Å². The summed E-state index contributed by atoms with van der Waals surface area (Å²) in [5.41, 5.74) is 0.804. The molecule has 2 aliphatic heterocycles. The van der Waals surface area contributed by atoms with Crippen molar-refractivity contribution in [1.82, 2.24) is 14.8 Å². The normalized spacial score (nSPS) is 23.0. The van der Waals surface area contributed by atoms with Gasteiger partial charge in [0.05, 0.1) is 0 Å². The molecule has 7 heteroatoms. The molecule has 1 aromatic heterocycles. The van der Waals surface area contributed by atoms with Gasteiger partial charge in [0.1, 0.15) is 5.03 Å². The first-order valence-corrected chi connectivity index (χ1v) is 7.77. The number of fused-ring (bicyclic) bond motifs is 1. The zero-order chi connectivity index (χ0) is 14.1. The first-order valence-electron chi connectivity index (χ1n) is 6.95. The van der Waals surface area contributed by atoms with Gasteiger partial charge in [-0.1, -0.05) is 6.07 Å². The van der Waals surface area contributed by atoms with Gasteiger partial charge in [-0.05, 0) is 50.8 Å². The minimum Gasteiger partial charge on any atom is -0.368 e. The summed E-state index contributed by atoms with van der Waals surface area (Å²) < 4.78 is 0. The van der Waals surface area contributed by atoms with Crippen LogP contribution in [0.5, 0.6) is 0 Å². The molecule has 0 spiro atoms. The highest BCUT2D eigenvalue weighted by atomic mass is 35.5. The van der Waals surface area contributed by atoms with E-state index in [1.165, 1.54) is 0 Å². The quantitative estimate of drug-likeness (QED) is 0.854. The smallest absolute Gasteiger partial charge is 0.176 e. The fraction of sp³-hybridized carbons (Fsp3) is 0.571. The number of hydrogen-bond acceptors (Lipinski definition) is 6. The molecule has 1 aromatic rings. The molecular formula is C14H21ClN4OS. The van der Waals surface area contributed by atoms with Gasteiger partial charge in [-0.15, -0.1) is 12.4 Å². The molecule has 1 unspecified atom stereocenters. The SMILES string of the molecule is CN1CCC(N(C)C2=NC(O)c3cccnc3S2)CC1.Cl. The first kappa shape index (κ1) is 16.5. The number of nitrogens with zero attached hydrogens (tertiary/aromatic N) is 4. The molecule has 3 heterocycles. The Bertz CT molecular complexity index is 519. The van der Waals surface area contributed by atoms with Crippen molar-refractivity contribution in [2.75, 3.05) is 27.2 Å². The van der Waals surface area contributed by atoms with Crippen LogP contribution in [0, 0.1) is 0 Å². The maximum Gasteiger partial charge on any atom is 0.176 e. The molecule has 3 rings (SSSR count). The van der Waals surface area contributed by atoms with E-state index >= 15 is 0 Å². The second-order valence-corrected chi connectivity index (χ2v) is 6.39. The van der Waals surface area contributed by atoms with Crippen molar-refractivity contribution >= 4 is 29.3 Å². The number of aromatic nitrogens is 1. The van der Waals surface area contributed by atoms with Crippen molar-refractivity contribution in [2.24, 2.45) is 4.99 Å². The van der Waals surface area contributed by atoms with Gasteiger partial charge in [-0.2, -0.15) is 0 Å². The van der Waals surface area contributed by atoms with Gasteiger partial charge in [-0.3, -0.25) is 0 Å². The Kier molecular flexibility index (Phi) is 5.48. The van der Waals surface area contributed by atoms with Crippen molar-refractivity contribution in [3.05, 3.63) is 23.9 Å². The molecule has 2 aliphatic rings. The largest absolute Gasteiger partial charge is 0.368 e. The molecule has 0 radical (unpaired) electrons. The molecule has 0 bridgehead atoms. The third kappa shape index (κ3) is 3.51. The van der Waals surface area contributed by atoms with Crippen LogP contribution >= 0.6 is 24.2 Å². The molecule has 21 heavy (non-hydrogen) atoms. The molecule has 116 valence electrons. The van der Waals surface area contributed by atoms with Crippen LogP contribution in [0.1, 0.15) is 24.6 Å². The van der Waals surface area contributed by atoms with Crippen LogP contribution in [0.4, 0.5) is 0 Å². The van der Waals surface area contributed by atoms with E-state index in [9.17, 15) is 5.11 Å². The van der Waals surface area contributed by atoms with Crippen LogP contribution in [0.3, 0.4) is 0 Å². The summed E-state index contributed by atoms with van der Waals surface area (Å²) in [6, 6.07) is 4.22. The standard InChI is InChI=1S/C14H20N4OS.ClH/c1-17-8-5-10(6-9-17)18(2)14-16-12(19)11-4-3-7-15-13(11)20-14;/h3-4,7,10,12,19H,5-6,8-9H2,1-2H3;1H. The van der Waals surface area contributed by atoms with Crippen molar-refractivity contribution < 1.29 is 5.11 Å². The third-order valence-corrected chi connectivity index (χ3v) is 5.15. The Morgan fingerprint density at radius 3 is 2.81 bits per heavy atom. The van der Waals surface area contributed by atoms with Gasteiger partial charge >= 0.3 is 0 Å². The lowest BCUT2D eigenvalue weighted by Gasteiger charge is -2.37. The van der Waals surface area contributed by atoms with Crippen LogP contribution in [0.25, 0.3) is 0 Å². The van der Waals surface area contributed by atoms with Gasteiger partial charge in [0.15, 0.2) is 11.4 Å². The van der Waals surface area contributed by atoms with Crippen LogP contribution in [0.2, 0.25) is 0 Å². The number of piperidine rings is 1. The lowest BCUT2D eigenvalue weighted by Crippen LogP contribution is -2.44. The fourth-order valence-electron chi connectivity index (χ4n) is 2.67.